The van der Waals surface area contributed by atoms with E-state index in [-0.39, 0.29) is 6.61 Å². The maximum atomic E-state index is 11.6. The Balaban J connectivity index is 2.74. The third kappa shape index (κ3) is 2.07. The summed E-state index contributed by atoms with van der Waals surface area (Å²) in [6.07, 6.45) is 2.20. The van der Waals surface area contributed by atoms with Gasteiger partial charge in [-0.2, -0.15) is 0 Å². The van der Waals surface area contributed by atoms with Gasteiger partial charge in [-0.15, -0.1) is 0 Å². The summed E-state index contributed by atoms with van der Waals surface area (Å²) in [7, 11) is 0. The molecular weight excluding hydrogens is 184 g/mol. The first-order valence-corrected chi connectivity index (χ1v) is 5.17. The predicted octanol–water partition coefficient (Wildman–Crippen LogP) is 0.811. The van der Waals surface area contributed by atoms with Gasteiger partial charge < -0.3 is 14.9 Å². The van der Waals surface area contributed by atoms with Crippen molar-refractivity contribution in [2.45, 2.75) is 45.3 Å². The minimum absolute atomic E-state index is 0.285. The zero-order valence-corrected chi connectivity index (χ0v) is 8.53. The zero-order valence-electron chi connectivity index (χ0n) is 8.53. The van der Waals surface area contributed by atoms with Crippen LogP contribution in [0.5, 0.6) is 0 Å². The highest BCUT2D eigenvalue weighted by molar-refractivity contribution is 5.77. The summed E-state index contributed by atoms with van der Waals surface area (Å²) < 4.78 is 4.89. The van der Waals surface area contributed by atoms with Gasteiger partial charge in [-0.3, -0.25) is 4.79 Å². The number of carbonyl (C=O) groups excluding carboxylic acids is 1. The molecule has 0 spiro atoms. The summed E-state index contributed by atoms with van der Waals surface area (Å²) in [6.45, 7) is 2.01. The van der Waals surface area contributed by atoms with E-state index in [1.807, 2.05) is 0 Å². The first-order valence-electron chi connectivity index (χ1n) is 5.17. The van der Waals surface area contributed by atoms with Crippen LogP contribution in [-0.4, -0.2) is 29.1 Å². The molecule has 1 aliphatic carbocycles. The number of rotatable bonds is 3. The van der Waals surface area contributed by atoms with Crippen molar-refractivity contribution in [1.82, 2.24) is 0 Å². The van der Waals surface area contributed by atoms with Crippen LogP contribution in [0, 0.1) is 5.41 Å². The van der Waals surface area contributed by atoms with Gasteiger partial charge in [0.1, 0.15) is 5.41 Å². The molecule has 14 heavy (non-hydrogen) atoms. The molecule has 0 aromatic heterocycles. The fourth-order valence-electron chi connectivity index (χ4n) is 2.03. The van der Waals surface area contributed by atoms with Crippen molar-refractivity contribution in [2.24, 2.45) is 5.41 Å². The van der Waals surface area contributed by atoms with E-state index in [0.29, 0.717) is 12.8 Å². The number of aliphatic hydroxyl groups is 2. The highest BCUT2D eigenvalue weighted by atomic mass is 16.5. The van der Waals surface area contributed by atoms with Crippen LogP contribution >= 0.6 is 0 Å². The van der Waals surface area contributed by atoms with Gasteiger partial charge in [-0.1, -0.05) is 19.3 Å². The van der Waals surface area contributed by atoms with Crippen molar-refractivity contribution >= 4 is 5.97 Å². The molecule has 0 amide bonds. The molecule has 0 saturated heterocycles. The Hall–Kier alpha value is -0.610. The van der Waals surface area contributed by atoms with E-state index in [4.69, 9.17) is 4.74 Å². The molecule has 1 aliphatic rings. The Labute approximate surface area is 83.9 Å². The average molecular weight is 202 g/mol. The topological polar surface area (TPSA) is 66.8 Å². The van der Waals surface area contributed by atoms with Gasteiger partial charge in [0.15, 0.2) is 6.29 Å². The Morgan fingerprint density at radius 1 is 1.36 bits per heavy atom. The summed E-state index contributed by atoms with van der Waals surface area (Å²) in [5.41, 5.74) is -1.06. The summed E-state index contributed by atoms with van der Waals surface area (Å²) in [5.74, 6) is -0.463. The molecule has 4 nitrogen and oxygen atoms in total. The molecule has 0 atom stereocenters. The molecule has 0 radical (unpaired) electrons. The lowest BCUT2D eigenvalue weighted by Gasteiger charge is -2.35. The molecule has 1 saturated carbocycles. The van der Waals surface area contributed by atoms with Crippen LogP contribution in [0.25, 0.3) is 0 Å². The van der Waals surface area contributed by atoms with E-state index in [1.54, 1.807) is 6.92 Å². The van der Waals surface area contributed by atoms with Crippen molar-refractivity contribution in [3.8, 4) is 0 Å². The molecule has 0 aromatic rings. The molecule has 4 heteroatoms. The number of carbonyl (C=O) groups is 1. The number of esters is 1. The lowest BCUT2D eigenvalue weighted by Crippen LogP contribution is -2.45. The van der Waals surface area contributed by atoms with Gasteiger partial charge in [0, 0.05) is 0 Å². The van der Waals surface area contributed by atoms with Crippen LogP contribution in [0.4, 0.5) is 0 Å². The van der Waals surface area contributed by atoms with Crippen LogP contribution in [0.15, 0.2) is 0 Å². The van der Waals surface area contributed by atoms with Crippen LogP contribution in [-0.2, 0) is 9.53 Å². The molecule has 0 unspecified atom stereocenters. The Morgan fingerprint density at radius 3 is 2.36 bits per heavy atom. The molecule has 0 aliphatic heterocycles. The van der Waals surface area contributed by atoms with Crippen LogP contribution in [0.3, 0.4) is 0 Å². The van der Waals surface area contributed by atoms with E-state index in [0.717, 1.165) is 19.3 Å². The van der Waals surface area contributed by atoms with Gasteiger partial charge in [0.2, 0.25) is 0 Å². The Morgan fingerprint density at radius 2 is 1.93 bits per heavy atom. The quantitative estimate of drug-likeness (QED) is 0.525. The molecule has 0 aromatic carbocycles. The monoisotopic (exact) mass is 202 g/mol. The fourth-order valence-corrected chi connectivity index (χ4v) is 2.03. The zero-order chi connectivity index (χ0) is 10.6. The maximum absolute atomic E-state index is 11.6. The van der Waals surface area contributed by atoms with Crippen LogP contribution < -0.4 is 0 Å². The fraction of sp³-hybridized carbons (Fsp3) is 0.900. The first-order chi connectivity index (χ1) is 6.63. The van der Waals surface area contributed by atoms with Crippen LogP contribution in [0.2, 0.25) is 0 Å². The maximum Gasteiger partial charge on any atom is 0.317 e. The Bertz CT molecular complexity index is 194. The molecular formula is C10H18O4. The number of hydrogen-bond acceptors (Lipinski definition) is 4. The SMILES string of the molecule is CCOC(=O)C1(C(O)O)CCCCC1. The highest BCUT2D eigenvalue weighted by Crippen LogP contribution is 2.39. The molecule has 82 valence electrons. The van der Waals surface area contributed by atoms with E-state index >= 15 is 0 Å². The Kier molecular flexibility index (Phi) is 3.89. The third-order valence-electron chi connectivity index (χ3n) is 2.92. The molecule has 0 bridgehead atoms. The minimum atomic E-state index is -1.60. The highest BCUT2D eigenvalue weighted by Gasteiger charge is 2.46. The van der Waals surface area contributed by atoms with E-state index < -0.39 is 17.7 Å². The van der Waals surface area contributed by atoms with Crippen molar-refractivity contribution in [1.29, 1.82) is 0 Å². The van der Waals surface area contributed by atoms with E-state index in [2.05, 4.69) is 0 Å². The summed E-state index contributed by atoms with van der Waals surface area (Å²) in [6, 6.07) is 0. The van der Waals surface area contributed by atoms with E-state index in [9.17, 15) is 15.0 Å². The normalized spacial score (nSPS) is 20.9. The standard InChI is InChI=1S/C10H18O4/c1-2-14-9(13)10(8(11)12)6-4-3-5-7-10/h8,11-12H,2-7H2,1H3. The summed E-state index contributed by atoms with van der Waals surface area (Å²) in [5, 5.41) is 18.6. The average Bonchev–Trinajstić information content (AvgIpc) is 2.19. The summed E-state index contributed by atoms with van der Waals surface area (Å²) >= 11 is 0. The van der Waals surface area contributed by atoms with Crippen molar-refractivity contribution in [2.75, 3.05) is 6.61 Å². The van der Waals surface area contributed by atoms with Gasteiger partial charge in [0.25, 0.3) is 0 Å². The number of aliphatic hydroxyl groups excluding tert-OH is 1. The lowest BCUT2D eigenvalue weighted by molar-refractivity contribution is -0.192. The molecule has 1 fully saturated rings. The molecule has 1 rings (SSSR count). The first kappa shape index (κ1) is 11.5. The minimum Gasteiger partial charge on any atom is -0.465 e. The van der Waals surface area contributed by atoms with Crippen molar-refractivity contribution in [3.63, 3.8) is 0 Å². The van der Waals surface area contributed by atoms with Crippen LogP contribution in [0.1, 0.15) is 39.0 Å². The second-order valence-corrected chi connectivity index (χ2v) is 3.81. The smallest absolute Gasteiger partial charge is 0.317 e. The van der Waals surface area contributed by atoms with Gasteiger partial charge in [-0.25, -0.2) is 0 Å². The van der Waals surface area contributed by atoms with Crippen molar-refractivity contribution in [3.05, 3.63) is 0 Å². The van der Waals surface area contributed by atoms with E-state index in [1.165, 1.54) is 0 Å². The van der Waals surface area contributed by atoms with Gasteiger partial charge in [0.05, 0.1) is 6.61 Å². The second-order valence-electron chi connectivity index (χ2n) is 3.81. The number of hydrogen-bond donors (Lipinski definition) is 2. The molecule has 2 N–H and O–H groups in total. The third-order valence-corrected chi connectivity index (χ3v) is 2.92. The second kappa shape index (κ2) is 4.75. The molecule has 0 heterocycles. The largest absolute Gasteiger partial charge is 0.465 e. The number of ether oxygens (including phenoxy) is 1. The van der Waals surface area contributed by atoms with Crippen molar-refractivity contribution < 1.29 is 19.7 Å². The van der Waals surface area contributed by atoms with Gasteiger partial charge in [-0.05, 0) is 19.8 Å². The predicted molar refractivity (Wildman–Crippen MR) is 50.4 cm³/mol. The van der Waals surface area contributed by atoms with Gasteiger partial charge >= 0.3 is 5.97 Å². The summed E-state index contributed by atoms with van der Waals surface area (Å²) in [4.78, 5) is 11.6. The lowest BCUT2D eigenvalue weighted by atomic mass is 9.73.